The molecule has 35 heavy (non-hydrogen) atoms. The zero-order chi connectivity index (χ0) is 25.8. The molecule has 192 valence electrons. The van der Waals surface area contributed by atoms with Crippen molar-refractivity contribution in [2.75, 3.05) is 7.11 Å². The van der Waals surface area contributed by atoms with E-state index >= 15 is 0 Å². The highest BCUT2D eigenvalue weighted by Crippen LogP contribution is 2.68. The summed E-state index contributed by atoms with van der Waals surface area (Å²) < 4.78 is 12.7. The van der Waals surface area contributed by atoms with Crippen LogP contribution in [-0.2, 0) is 21.0 Å². The molecule has 3 fully saturated rings. The van der Waals surface area contributed by atoms with Gasteiger partial charge in [-0.25, -0.2) is 4.79 Å². The van der Waals surface area contributed by atoms with Gasteiger partial charge in [-0.05, 0) is 42.9 Å². The van der Waals surface area contributed by atoms with Crippen molar-refractivity contribution < 1.29 is 24.2 Å². The molecule has 2 bridgehead atoms. The van der Waals surface area contributed by atoms with Gasteiger partial charge in [0.1, 0.15) is 30.5 Å². The van der Waals surface area contributed by atoms with E-state index in [4.69, 9.17) is 9.47 Å². The lowest BCUT2D eigenvalue weighted by molar-refractivity contribution is -0.192. The number of Topliss-reactive ketones (excluding diaryl/α,β-unsaturated/α-hetero) is 1. The number of ketones is 1. The van der Waals surface area contributed by atoms with Gasteiger partial charge in [-0.15, -0.1) is 6.58 Å². The number of methoxy groups -OCH3 is 1. The molecular formula is C27H38N2O6. The largest absolute Gasteiger partial charge is 0.458 e. The Morgan fingerprint density at radius 1 is 1.31 bits per heavy atom. The standard InChI is InChI=1S/C27H38N2O6/c1-7-25(4)12-20(35-24(33)18-13-29(15-34-6)14-28-23(18)32)26(5)16(2)8-10-27(17(3)22(25)31)11-9-19(30)21(26)27/h7,13-14,16-17,20-22,31H,1,8-12,15H2,2-6H3/t16?,17-,20+,21?,22-,25+,26-,27-/m0/s1. The Kier molecular flexibility index (Phi) is 6.60. The summed E-state index contributed by atoms with van der Waals surface area (Å²) in [5, 5.41) is 11.6. The maximum atomic E-state index is 13.5. The van der Waals surface area contributed by atoms with Crippen LogP contribution < -0.4 is 5.56 Å². The van der Waals surface area contributed by atoms with Gasteiger partial charge in [0.15, 0.2) is 0 Å². The van der Waals surface area contributed by atoms with Crippen LogP contribution in [0.3, 0.4) is 0 Å². The molecule has 0 aliphatic heterocycles. The first-order valence-electron chi connectivity index (χ1n) is 12.5. The van der Waals surface area contributed by atoms with Gasteiger partial charge >= 0.3 is 5.97 Å². The summed E-state index contributed by atoms with van der Waals surface area (Å²) in [5.41, 5.74) is -2.60. The first-order chi connectivity index (χ1) is 16.4. The van der Waals surface area contributed by atoms with Gasteiger partial charge in [-0.3, -0.25) is 9.59 Å². The Morgan fingerprint density at radius 3 is 2.69 bits per heavy atom. The summed E-state index contributed by atoms with van der Waals surface area (Å²) in [7, 11) is 1.50. The van der Waals surface area contributed by atoms with Crippen molar-refractivity contribution in [3.63, 3.8) is 0 Å². The zero-order valence-corrected chi connectivity index (χ0v) is 21.5. The molecular weight excluding hydrogens is 448 g/mol. The van der Waals surface area contributed by atoms with Crippen LogP contribution in [0.15, 0.2) is 30.0 Å². The van der Waals surface area contributed by atoms with Crippen LogP contribution in [-0.4, -0.2) is 45.7 Å². The highest BCUT2D eigenvalue weighted by molar-refractivity contribution is 5.89. The molecule has 1 N–H and O–H groups in total. The average molecular weight is 487 g/mol. The van der Waals surface area contributed by atoms with E-state index in [9.17, 15) is 19.5 Å². The predicted octanol–water partition coefficient (Wildman–Crippen LogP) is 3.37. The lowest BCUT2D eigenvalue weighted by Gasteiger charge is -2.61. The van der Waals surface area contributed by atoms with Crippen molar-refractivity contribution in [1.82, 2.24) is 9.55 Å². The predicted molar refractivity (Wildman–Crippen MR) is 129 cm³/mol. The number of carbonyl (C=O) groups is 2. The van der Waals surface area contributed by atoms with Crippen LogP contribution in [0.4, 0.5) is 0 Å². The number of carbonyl (C=O) groups excluding carboxylic acids is 2. The minimum atomic E-state index is -0.775. The Hall–Kier alpha value is -2.32. The number of aliphatic hydroxyl groups excluding tert-OH is 1. The number of rotatable bonds is 5. The SMILES string of the molecule is C=C[C@]1(C)C[C@@H](OC(=O)c2cn(COC)cnc2=O)[C@]2(C)C(C)CC[C@]3(CCC(=O)C32)[C@@H](C)[C@@H]1O. The molecule has 8 atom stereocenters. The fraction of sp³-hybridized carbons (Fsp3) is 0.704. The van der Waals surface area contributed by atoms with Gasteiger partial charge in [0, 0.05) is 36.5 Å². The summed E-state index contributed by atoms with van der Waals surface area (Å²) in [6.45, 7) is 12.3. The van der Waals surface area contributed by atoms with E-state index in [0.717, 1.165) is 19.3 Å². The summed E-state index contributed by atoms with van der Waals surface area (Å²) in [5.74, 6) is -0.914. The Morgan fingerprint density at radius 2 is 2.03 bits per heavy atom. The molecule has 0 amide bonds. The molecule has 1 heterocycles. The molecule has 0 aromatic carbocycles. The summed E-state index contributed by atoms with van der Waals surface area (Å²) in [6, 6.07) is 0. The van der Waals surface area contributed by atoms with Crippen molar-refractivity contribution in [3.05, 3.63) is 41.1 Å². The summed E-state index contributed by atoms with van der Waals surface area (Å²) in [6.07, 6.45) is 6.24. The van der Waals surface area contributed by atoms with Gasteiger partial charge in [-0.2, -0.15) is 4.98 Å². The van der Waals surface area contributed by atoms with Crippen LogP contribution in [0.25, 0.3) is 0 Å². The number of hydrogen-bond acceptors (Lipinski definition) is 7. The maximum absolute atomic E-state index is 13.5. The molecule has 0 radical (unpaired) electrons. The number of esters is 1. The highest BCUT2D eigenvalue weighted by atomic mass is 16.5. The fourth-order valence-corrected chi connectivity index (χ4v) is 7.50. The van der Waals surface area contributed by atoms with E-state index in [1.807, 2.05) is 6.92 Å². The Labute approximate surface area is 206 Å². The van der Waals surface area contributed by atoms with Crippen LogP contribution in [0.1, 0.15) is 70.2 Å². The highest BCUT2D eigenvalue weighted by Gasteiger charge is 2.68. The van der Waals surface area contributed by atoms with E-state index in [-0.39, 0.29) is 41.2 Å². The zero-order valence-electron chi connectivity index (χ0n) is 21.5. The average Bonchev–Trinajstić information content (AvgIpc) is 3.19. The van der Waals surface area contributed by atoms with E-state index < -0.39 is 34.6 Å². The molecule has 3 aliphatic rings. The second-order valence-electron chi connectivity index (χ2n) is 11.5. The van der Waals surface area contributed by atoms with Gasteiger partial charge in [0.2, 0.25) is 0 Å². The molecule has 1 aromatic heterocycles. The molecule has 2 unspecified atom stereocenters. The molecule has 0 saturated heterocycles. The maximum Gasteiger partial charge on any atom is 0.345 e. The molecule has 3 saturated carbocycles. The third-order valence-corrected chi connectivity index (χ3v) is 9.90. The summed E-state index contributed by atoms with van der Waals surface area (Å²) in [4.78, 5) is 43.2. The van der Waals surface area contributed by atoms with Crippen molar-refractivity contribution in [3.8, 4) is 0 Å². The molecule has 8 nitrogen and oxygen atoms in total. The van der Waals surface area contributed by atoms with Gasteiger partial charge in [0.25, 0.3) is 5.56 Å². The first kappa shape index (κ1) is 25.8. The molecule has 0 spiro atoms. The lowest BCUT2D eigenvalue weighted by Crippen LogP contribution is -2.63. The van der Waals surface area contributed by atoms with Gasteiger partial charge in [0.05, 0.1) is 6.10 Å². The summed E-state index contributed by atoms with van der Waals surface area (Å²) >= 11 is 0. The number of hydrogen-bond donors (Lipinski definition) is 1. The van der Waals surface area contributed by atoms with Crippen LogP contribution in [0, 0.1) is 34.0 Å². The van der Waals surface area contributed by atoms with Crippen molar-refractivity contribution >= 4 is 11.8 Å². The molecule has 4 rings (SSSR count). The Bertz CT molecular complexity index is 1080. The minimum absolute atomic E-state index is 0.106. The number of ether oxygens (including phenoxy) is 2. The van der Waals surface area contributed by atoms with E-state index in [1.165, 1.54) is 24.2 Å². The lowest BCUT2D eigenvalue weighted by atomic mass is 9.44. The quantitative estimate of drug-likeness (QED) is 0.502. The molecule has 8 heteroatoms. The Balaban J connectivity index is 1.83. The van der Waals surface area contributed by atoms with Gasteiger partial charge in [-0.1, -0.05) is 33.8 Å². The number of nitrogens with zero attached hydrogens (tertiary/aromatic N) is 2. The normalized spacial score (nSPS) is 41.0. The first-order valence-corrected chi connectivity index (χ1v) is 12.5. The topological polar surface area (TPSA) is 108 Å². The smallest absolute Gasteiger partial charge is 0.345 e. The van der Waals surface area contributed by atoms with Crippen molar-refractivity contribution in [1.29, 1.82) is 0 Å². The number of aromatic nitrogens is 2. The molecule has 3 aliphatic carbocycles. The minimum Gasteiger partial charge on any atom is -0.458 e. The van der Waals surface area contributed by atoms with E-state index in [2.05, 4.69) is 32.3 Å². The van der Waals surface area contributed by atoms with Crippen LogP contribution in [0.2, 0.25) is 0 Å². The third-order valence-electron chi connectivity index (χ3n) is 9.90. The van der Waals surface area contributed by atoms with E-state index in [0.29, 0.717) is 12.8 Å². The second kappa shape index (κ2) is 8.96. The molecule has 1 aromatic rings. The second-order valence-corrected chi connectivity index (χ2v) is 11.5. The van der Waals surface area contributed by atoms with Crippen LogP contribution in [0.5, 0.6) is 0 Å². The van der Waals surface area contributed by atoms with Gasteiger partial charge < -0.3 is 19.1 Å². The third kappa shape index (κ3) is 3.80. The van der Waals surface area contributed by atoms with E-state index in [1.54, 1.807) is 6.08 Å². The monoisotopic (exact) mass is 486 g/mol. The fourth-order valence-electron chi connectivity index (χ4n) is 7.50. The van der Waals surface area contributed by atoms with Crippen molar-refractivity contribution in [2.24, 2.45) is 34.0 Å². The van der Waals surface area contributed by atoms with Crippen molar-refractivity contribution in [2.45, 2.75) is 78.7 Å². The van der Waals surface area contributed by atoms with Crippen LogP contribution >= 0.6 is 0 Å². The number of aliphatic hydroxyl groups is 1.